The molecule has 1 heterocycles. The average molecular weight is 343 g/mol. The number of rotatable bonds is 5. The van der Waals surface area contributed by atoms with Crippen molar-refractivity contribution in [2.75, 3.05) is 5.32 Å². The molecule has 0 aliphatic heterocycles. The molecule has 1 N–H and O–H groups in total. The van der Waals surface area contributed by atoms with Crippen LogP contribution >= 0.6 is 23.2 Å². The number of anilines is 1. The largest absolute Gasteiger partial charge is 0.366 e. The third-order valence-corrected chi connectivity index (χ3v) is 4.04. The Labute approximate surface area is 146 Å². The van der Waals surface area contributed by atoms with E-state index in [-0.39, 0.29) is 0 Å². The molecule has 0 radical (unpaired) electrons. The van der Waals surface area contributed by atoms with Crippen LogP contribution in [0.5, 0.6) is 0 Å². The first kappa shape index (κ1) is 15.9. The Morgan fingerprint density at radius 2 is 1.26 bits per heavy atom. The van der Waals surface area contributed by atoms with Gasteiger partial charge >= 0.3 is 0 Å². The van der Waals surface area contributed by atoms with Crippen molar-refractivity contribution in [3.05, 3.63) is 93.6 Å². The second kappa shape index (κ2) is 7.49. The lowest BCUT2D eigenvalue weighted by atomic mass is 10.1. The maximum Gasteiger partial charge on any atom is 0.126 e. The normalized spacial score (nSPS) is 10.5. The molecule has 0 unspecified atom stereocenters. The number of benzene rings is 2. The lowest BCUT2D eigenvalue weighted by Gasteiger charge is -2.07. The van der Waals surface area contributed by atoms with Crippen LogP contribution in [-0.2, 0) is 13.0 Å². The monoisotopic (exact) mass is 342 g/mol. The Bertz CT molecular complexity index is 751. The summed E-state index contributed by atoms with van der Waals surface area (Å²) in [5.74, 6) is 0.861. The second-order valence-corrected chi connectivity index (χ2v) is 6.21. The Morgan fingerprint density at radius 1 is 0.696 bits per heavy atom. The van der Waals surface area contributed by atoms with Gasteiger partial charge in [0.1, 0.15) is 5.82 Å². The van der Waals surface area contributed by atoms with E-state index in [1.165, 1.54) is 16.7 Å². The lowest BCUT2D eigenvalue weighted by Crippen LogP contribution is -2.01. The molecule has 3 rings (SSSR count). The molecule has 3 aromatic rings. The van der Waals surface area contributed by atoms with E-state index in [2.05, 4.69) is 16.4 Å². The summed E-state index contributed by atoms with van der Waals surface area (Å²) in [7, 11) is 0. The molecule has 0 spiro atoms. The van der Waals surface area contributed by atoms with Gasteiger partial charge in [-0.2, -0.15) is 0 Å². The van der Waals surface area contributed by atoms with Gasteiger partial charge in [0.2, 0.25) is 0 Å². The topological polar surface area (TPSA) is 24.9 Å². The smallest absolute Gasteiger partial charge is 0.126 e. The average Bonchev–Trinajstić information content (AvgIpc) is 2.58. The summed E-state index contributed by atoms with van der Waals surface area (Å²) in [6, 6.07) is 19.8. The first-order chi connectivity index (χ1) is 11.2. The van der Waals surface area contributed by atoms with Crippen molar-refractivity contribution in [2.24, 2.45) is 0 Å². The lowest BCUT2D eigenvalue weighted by molar-refractivity contribution is 1.09. The SMILES string of the molecule is Clc1ccc(CNc2ccc(Cc3ccc(Cl)cc3)cn2)cc1. The maximum atomic E-state index is 5.90. The van der Waals surface area contributed by atoms with E-state index >= 15 is 0 Å². The quantitative estimate of drug-likeness (QED) is 0.653. The van der Waals surface area contributed by atoms with Gasteiger partial charge in [0, 0.05) is 22.8 Å². The summed E-state index contributed by atoms with van der Waals surface area (Å²) in [5.41, 5.74) is 3.56. The zero-order valence-electron chi connectivity index (χ0n) is 12.5. The Kier molecular flexibility index (Phi) is 5.16. The number of pyridine rings is 1. The van der Waals surface area contributed by atoms with Crippen LogP contribution < -0.4 is 5.32 Å². The van der Waals surface area contributed by atoms with Crippen LogP contribution in [0.15, 0.2) is 66.9 Å². The minimum atomic E-state index is 0.723. The predicted octanol–water partition coefficient (Wildman–Crippen LogP) is 5.59. The van der Waals surface area contributed by atoms with Crippen LogP contribution in [0.4, 0.5) is 5.82 Å². The fourth-order valence-corrected chi connectivity index (χ4v) is 2.52. The van der Waals surface area contributed by atoms with E-state index < -0.39 is 0 Å². The molecular weight excluding hydrogens is 327 g/mol. The van der Waals surface area contributed by atoms with E-state index in [1.54, 1.807) is 0 Å². The van der Waals surface area contributed by atoms with Crippen LogP contribution in [0, 0.1) is 0 Å². The first-order valence-corrected chi connectivity index (χ1v) is 8.12. The highest BCUT2D eigenvalue weighted by Gasteiger charge is 1.99. The van der Waals surface area contributed by atoms with E-state index in [0.29, 0.717) is 0 Å². The van der Waals surface area contributed by atoms with Gasteiger partial charge in [-0.1, -0.05) is 53.5 Å². The molecule has 23 heavy (non-hydrogen) atoms. The molecule has 0 saturated carbocycles. The second-order valence-electron chi connectivity index (χ2n) is 5.33. The van der Waals surface area contributed by atoms with Gasteiger partial charge in [-0.05, 0) is 53.4 Å². The van der Waals surface area contributed by atoms with Crippen molar-refractivity contribution in [3.63, 3.8) is 0 Å². The number of halogens is 2. The minimum absolute atomic E-state index is 0.723. The Morgan fingerprint density at radius 3 is 1.83 bits per heavy atom. The van der Waals surface area contributed by atoms with Crippen molar-refractivity contribution in [2.45, 2.75) is 13.0 Å². The molecule has 116 valence electrons. The van der Waals surface area contributed by atoms with Crippen LogP contribution in [-0.4, -0.2) is 4.98 Å². The summed E-state index contributed by atoms with van der Waals surface area (Å²) in [5, 5.41) is 4.81. The molecule has 0 amide bonds. The zero-order chi connectivity index (χ0) is 16.1. The number of nitrogens with zero attached hydrogens (tertiary/aromatic N) is 1. The molecule has 0 atom stereocenters. The van der Waals surface area contributed by atoms with Crippen molar-refractivity contribution < 1.29 is 0 Å². The van der Waals surface area contributed by atoms with Gasteiger partial charge in [0.05, 0.1) is 0 Å². The number of nitrogens with one attached hydrogen (secondary N) is 1. The molecular formula is C19H16Cl2N2. The third-order valence-electron chi connectivity index (χ3n) is 3.53. The Hall–Kier alpha value is -2.03. The summed E-state index contributed by atoms with van der Waals surface area (Å²) in [4.78, 5) is 4.46. The van der Waals surface area contributed by atoms with E-state index in [1.807, 2.05) is 60.8 Å². The Balaban J connectivity index is 1.58. The van der Waals surface area contributed by atoms with Crippen molar-refractivity contribution in [1.29, 1.82) is 0 Å². The standard InChI is InChI=1S/C19H16Cl2N2/c20-17-6-1-14(2-7-17)11-16-5-10-19(23-13-16)22-12-15-3-8-18(21)9-4-15/h1-10,13H,11-12H2,(H,22,23). The van der Waals surface area contributed by atoms with Crippen LogP contribution in [0.25, 0.3) is 0 Å². The van der Waals surface area contributed by atoms with Gasteiger partial charge in [0.15, 0.2) is 0 Å². The van der Waals surface area contributed by atoms with Crippen LogP contribution in [0.2, 0.25) is 10.0 Å². The minimum Gasteiger partial charge on any atom is -0.366 e. The summed E-state index contributed by atoms with van der Waals surface area (Å²) in [6.07, 6.45) is 2.75. The molecule has 0 saturated heterocycles. The molecule has 2 aromatic carbocycles. The molecule has 0 fully saturated rings. The molecule has 2 nitrogen and oxygen atoms in total. The predicted molar refractivity (Wildman–Crippen MR) is 97.3 cm³/mol. The highest BCUT2D eigenvalue weighted by Crippen LogP contribution is 2.15. The van der Waals surface area contributed by atoms with E-state index in [0.717, 1.165) is 28.8 Å². The van der Waals surface area contributed by atoms with Crippen molar-refractivity contribution >= 4 is 29.0 Å². The maximum absolute atomic E-state index is 5.90. The number of hydrogen-bond acceptors (Lipinski definition) is 2. The number of hydrogen-bond donors (Lipinski definition) is 1. The fraction of sp³-hybridized carbons (Fsp3) is 0.105. The van der Waals surface area contributed by atoms with Gasteiger partial charge in [-0.15, -0.1) is 0 Å². The van der Waals surface area contributed by atoms with Gasteiger partial charge in [-0.25, -0.2) is 4.98 Å². The molecule has 0 aliphatic rings. The molecule has 1 aromatic heterocycles. The highest BCUT2D eigenvalue weighted by molar-refractivity contribution is 6.30. The molecule has 0 aliphatic carbocycles. The first-order valence-electron chi connectivity index (χ1n) is 7.37. The van der Waals surface area contributed by atoms with E-state index in [9.17, 15) is 0 Å². The number of aromatic nitrogens is 1. The van der Waals surface area contributed by atoms with Crippen LogP contribution in [0.3, 0.4) is 0 Å². The van der Waals surface area contributed by atoms with Crippen LogP contribution in [0.1, 0.15) is 16.7 Å². The highest BCUT2D eigenvalue weighted by atomic mass is 35.5. The third kappa shape index (κ3) is 4.72. The van der Waals surface area contributed by atoms with E-state index in [4.69, 9.17) is 23.2 Å². The molecule has 0 bridgehead atoms. The van der Waals surface area contributed by atoms with Gasteiger partial charge in [0.25, 0.3) is 0 Å². The summed E-state index contributed by atoms with van der Waals surface area (Å²) < 4.78 is 0. The molecule has 4 heteroatoms. The van der Waals surface area contributed by atoms with Crippen molar-refractivity contribution in [3.8, 4) is 0 Å². The summed E-state index contributed by atoms with van der Waals surface area (Å²) in [6.45, 7) is 0.723. The van der Waals surface area contributed by atoms with Gasteiger partial charge in [-0.3, -0.25) is 0 Å². The summed E-state index contributed by atoms with van der Waals surface area (Å²) >= 11 is 11.8. The fourth-order valence-electron chi connectivity index (χ4n) is 2.27. The van der Waals surface area contributed by atoms with Crippen molar-refractivity contribution in [1.82, 2.24) is 4.98 Å². The zero-order valence-corrected chi connectivity index (χ0v) is 14.0. The van der Waals surface area contributed by atoms with Gasteiger partial charge < -0.3 is 5.32 Å².